The maximum atomic E-state index is 12.5. The number of thiophene rings is 1. The number of likely N-dealkylation sites (tertiary alicyclic amines) is 1. The molecule has 144 valence electrons. The molecule has 27 heavy (non-hydrogen) atoms. The second kappa shape index (κ2) is 8.13. The minimum absolute atomic E-state index is 0.0244. The highest BCUT2D eigenvalue weighted by Gasteiger charge is 2.35. The van der Waals surface area contributed by atoms with Gasteiger partial charge in [-0.15, -0.1) is 11.3 Å². The fraction of sp³-hybridized carbons (Fsp3) is 0.429. The van der Waals surface area contributed by atoms with Crippen molar-refractivity contribution in [1.29, 1.82) is 0 Å². The summed E-state index contributed by atoms with van der Waals surface area (Å²) in [7, 11) is 0. The highest BCUT2D eigenvalue weighted by molar-refractivity contribution is 7.12. The fourth-order valence-electron chi connectivity index (χ4n) is 3.30. The van der Waals surface area contributed by atoms with Crippen LogP contribution in [0.1, 0.15) is 48.3 Å². The first-order valence-electron chi connectivity index (χ1n) is 9.21. The third-order valence-corrected chi connectivity index (χ3v) is 5.42. The van der Waals surface area contributed by atoms with Gasteiger partial charge in [0.25, 0.3) is 5.91 Å². The number of nitrogens with one attached hydrogen (secondary N) is 1. The molecule has 1 N–H and O–H groups in total. The van der Waals surface area contributed by atoms with Crippen molar-refractivity contribution < 1.29 is 14.3 Å². The Morgan fingerprint density at radius 2 is 1.89 bits per heavy atom. The van der Waals surface area contributed by atoms with Crippen LogP contribution in [0.15, 0.2) is 47.8 Å². The van der Waals surface area contributed by atoms with Crippen molar-refractivity contribution in [3.05, 3.63) is 58.3 Å². The monoisotopic (exact) mass is 386 g/mol. The molecule has 1 fully saturated rings. The summed E-state index contributed by atoms with van der Waals surface area (Å²) in [4.78, 5) is 27.5. The van der Waals surface area contributed by atoms with Gasteiger partial charge in [-0.1, -0.05) is 36.4 Å². The van der Waals surface area contributed by atoms with Crippen LogP contribution in [0.5, 0.6) is 0 Å². The number of benzene rings is 1. The van der Waals surface area contributed by atoms with Crippen LogP contribution < -0.4 is 5.32 Å². The Morgan fingerprint density at radius 1 is 1.15 bits per heavy atom. The summed E-state index contributed by atoms with van der Waals surface area (Å²) in [5, 5.41) is 5.07. The molecule has 1 aliphatic heterocycles. The molecule has 1 saturated heterocycles. The van der Waals surface area contributed by atoms with E-state index in [-0.39, 0.29) is 24.0 Å². The first-order valence-corrected chi connectivity index (χ1v) is 10.1. The Hall–Kier alpha value is -2.34. The SMILES string of the molecule is CC(C)(C)OC(=O)N1CC[C@@H](NC(=O)c2cccs2)[C@H](c2ccccc2)C1. The van der Waals surface area contributed by atoms with E-state index in [1.807, 2.05) is 68.6 Å². The summed E-state index contributed by atoms with van der Waals surface area (Å²) in [6.45, 7) is 6.69. The molecule has 3 rings (SSSR count). The first-order chi connectivity index (χ1) is 12.8. The average Bonchev–Trinajstić information content (AvgIpc) is 3.16. The van der Waals surface area contributed by atoms with E-state index in [2.05, 4.69) is 5.32 Å². The molecule has 1 aromatic carbocycles. The highest BCUT2D eigenvalue weighted by atomic mass is 32.1. The van der Waals surface area contributed by atoms with Crippen LogP contribution in [0.4, 0.5) is 4.79 Å². The lowest BCUT2D eigenvalue weighted by molar-refractivity contribution is 0.0177. The third kappa shape index (κ3) is 5.10. The molecule has 1 aromatic heterocycles. The molecule has 0 aliphatic carbocycles. The maximum Gasteiger partial charge on any atom is 0.410 e. The van der Waals surface area contributed by atoms with Crippen LogP contribution in [0.2, 0.25) is 0 Å². The summed E-state index contributed by atoms with van der Waals surface area (Å²) in [5.74, 6) is -0.0296. The number of piperidine rings is 1. The van der Waals surface area contributed by atoms with E-state index in [9.17, 15) is 9.59 Å². The smallest absolute Gasteiger partial charge is 0.410 e. The number of hydrogen-bond acceptors (Lipinski definition) is 4. The van der Waals surface area contributed by atoms with Crippen molar-refractivity contribution >= 4 is 23.3 Å². The molecule has 0 spiro atoms. The zero-order valence-electron chi connectivity index (χ0n) is 16.0. The predicted molar refractivity (Wildman–Crippen MR) is 107 cm³/mol. The number of ether oxygens (including phenoxy) is 1. The quantitative estimate of drug-likeness (QED) is 0.857. The fourth-order valence-corrected chi connectivity index (χ4v) is 3.93. The Morgan fingerprint density at radius 3 is 2.52 bits per heavy atom. The van der Waals surface area contributed by atoms with Gasteiger partial charge < -0.3 is 15.0 Å². The molecule has 0 radical (unpaired) electrons. The zero-order valence-corrected chi connectivity index (χ0v) is 16.8. The minimum atomic E-state index is -0.524. The van der Waals surface area contributed by atoms with Crippen LogP contribution in [-0.2, 0) is 4.74 Å². The van der Waals surface area contributed by atoms with E-state index in [4.69, 9.17) is 4.74 Å². The molecule has 0 bridgehead atoms. The van der Waals surface area contributed by atoms with Crippen molar-refractivity contribution in [3.8, 4) is 0 Å². The van der Waals surface area contributed by atoms with Gasteiger partial charge in [-0.05, 0) is 44.2 Å². The Bertz CT molecular complexity index is 768. The molecule has 2 aromatic rings. The van der Waals surface area contributed by atoms with E-state index in [1.165, 1.54) is 11.3 Å². The Kier molecular flexibility index (Phi) is 5.85. The number of carbonyl (C=O) groups is 2. The average molecular weight is 387 g/mol. The van der Waals surface area contributed by atoms with Crippen molar-refractivity contribution in [2.45, 2.75) is 44.8 Å². The van der Waals surface area contributed by atoms with E-state index in [0.717, 1.165) is 5.56 Å². The van der Waals surface area contributed by atoms with Gasteiger partial charge in [-0.2, -0.15) is 0 Å². The van der Waals surface area contributed by atoms with E-state index in [0.29, 0.717) is 24.4 Å². The second-order valence-corrected chi connectivity index (χ2v) is 8.74. The molecule has 2 atom stereocenters. The van der Waals surface area contributed by atoms with Crippen LogP contribution in [0.3, 0.4) is 0 Å². The van der Waals surface area contributed by atoms with Crippen LogP contribution in [0.25, 0.3) is 0 Å². The lowest BCUT2D eigenvalue weighted by Gasteiger charge is -2.39. The molecule has 0 unspecified atom stereocenters. The largest absolute Gasteiger partial charge is 0.444 e. The summed E-state index contributed by atoms with van der Waals surface area (Å²) >= 11 is 1.43. The number of nitrogens with zero attached hydrogens (tertiary/aromatic N) is 1. The lowest BCUT2D eigenvalue weighted by Crippen LogP contribution is -2.52. The van der Waals surface area contributed by atoms with Crippen molar-refractivity contribution in [2.75, 3.05) is 13.1 Å². The normalized spacial score (nSPS) is 20.2. The van der Waals surface area contributed by atoms with Gasteiger partial charge in [-0.25, -0.2) is 4.79 Å². The van der Waals surface area contributed by atoms with Gasteiger partial charge in [0, 0.05) is 25.0 Å². The molecule has 1 aliphatic rings. The number of rotatable bonds is 3. The Balaban J connectivity index is 1.76. The summed E-state index contributed by atoms with van der Waals surface area (Å²) in [6, 6.07) is 13.7. The summed E-state index contributed by atoms with van der Waals surface area (Å²) in [6.07, 6.45) is 0.391. The first kappa shape index (κ1) is 19.4. The Labute approximate surface area is 164 Å². The second-order valence-electron chi connectivity index (χ2n) is 7.79. The van der Waals surface area contributed by atoms with Gasteiger partial charge >= 0.3 is 6.09 Å². The number of amides is 2. The summed E-state index contributed by atoms with van der Waals surface area (Å²) in [5.41, 5.74) is 0.589. The lowest BCUT2D eigenvalue weighted by atomic mass is 9.86. The molecule has 6 heteroatoms. The zero-order chi connectivity index (χ0) is 19.4. The molecule has 2 amide bonds. The van der Waals surface area contributed by atoms with Gasteiger partial charge in [0.15, 0.2) is 0 Å². The van der Waals surface area contributed by atoms with Gasteiger partial charge in [0.05, 0.1) is 4.88 Å². The van der Waals surface area contributed by atoms with Crippen molar-refractivity contribution in [1.82, 2.24) is 10.2 Å². The highest BCUT2D eigenvalue weighted by Crippen LogP contribution is 2.29. The minimum Gasteiger partial charge on any atom is -0.444 e. The van der Waals surface area contributed by atoms with Crippen molar-refractivity contribution in [2.24, 2.45) is 0 Å². The van der Waals surface area contributed by atoms with E-state index >= 15 is 0 Å². The molecule has 2 heterocycles. The van der Waals surface area contributed by atoms with E-state index in [1.54, 1.807) is 4.90 Å². The van der Waals surface area contributed by atoms with Crippen LogP contribution in [0, 0.1) is 0 Å². The standard InChI is InChI=1S/C21H26N2O3S/c1-21(2,3)26-20(25)23-12-11-17(22-19(24)18-10-7-13-27-18)16(14-23)15-8-5-4-6-9-15/h4-10,13,16-17H,11-12,14H2,1-3H3,(H,22,24)/t16-,17+/m0/s1. The summed E-state index contributed by atoms with van der Waals surface area (Å²) < 4.78 is 5.54. The predicted octanol–water partition coefficient (Wildman–Crippen LogP) is 4.27. The molecule has 0 saturated carbocycles. The number of carbonyl (C=O) groups excluding carboxylic acids is 2. The molecular weight excluding hydrogens is 360 g/mol. The maximum absolute atomic E-state index is 12.5. The van der Waals surface area contributed by atoms with Crippen LogP contribution in [-0.4, -0.2) is 41.6 Å². The van der Waals surface area contributed by atoms with E-state index < -0.39 is 5.60 Å². The topological polar surface area (TPSA) is 58.6 Å². The molecule has 5 nitrogen and oxygen atoms in total. The van der Waals surface area contributed by atoms with Crippen molar-refractivity contribution in [3.63, 3.8) is 0 Å². The molecular formula is C21H26N2O3S. The van der Waals surface area contributed by atoms with Gasteiger partial charge in [0.2, 0.25) is 0 Å². The van der Waals surface area contributed by atoms with Gasteiger partial charge in [0.1, 0.15) is 5.60 Å². The third-order valence-electron chi connectivity index (χ3n) is 4.55. The number of hydrogen-bond donors (Lipinski definition) is 1. The van der Waals surface area contributed by atoms with Gasteiger partial charge in [-0.3, -0.25) is 4.79 Å². The van der Waals surface area contributed by atoms with Crippen LogP contribution >= 0.6 is 11.3 Å².